The van der Waals surface area contributed by atoms with Crippen LogP contribution in [0, 0.1) is 13.8 Å². The minimum atomic E-state index is -0.846. The Kier molecular flexibility index (Phi) is 7.65. The van der Waals surface area contributed by atoms with Gasteiger partial charge >= 0.3 is 5.97 Å². The quantitative estimate of drug-likeness (QED) is 0.353. The summed E-state index contributed by atoms with van der Waals surface area (Å²) in [7, 11) is 0. The van der Waals surface area contributed by atoms with Crippen LogP contribution in [0.5, 0.6) is 5.75 Å². The monoisotopic (exact) mass is 513 g/mol. The summed E-state index contributed by atoms with van der Waals surface area (Å²) < 4.78 is 11.8. The number of oxazole rings is 1. The standard InChI is InChI=1S/C29H31N5O4/c1-20-12-14-30-29(31-20)34-16-15-33(26(19-34)28(35)36)18-22-8-10-24(11-9-22)37-17-13-25-21(2)38-27(32-25)23-6-4-3-5-7-23/h3-12,14,26H,13,15-19H2,1-2H3,(H,35,36). The first-order chi connectivity index (χ1) is 18.5. The van der Waals surface area contributed by atoms with Crippen LogP contribution in [0.25, 0.3) is 11.5 Å². The van der Waals surface area contributed by atoms with Gasteiger partial charge in [-0.25, -0.2) is 15.0 Å². The summed E-state index contributed by atoms with van der Waals surface area (Å²) in [4.78, 5) is 29.4. The maximum absolute atomic E-state index is 12.1. The van der Waals surface area contributed by atoms with Crippen LogP contribution in [-0.2, 0) is 17.8 Å². The molecular weight excluding hydrogens is 482 g/mol. The van der Waals surface area contributed by atoms with Crippen LogP contribution in [0.1, 0.15) is 22.7 Å². The molecule has 0 amide bonds. The van der Waals surface area contributed by atoms with E-state index in [0.717, 1.165) is 34.0 Å². The van der Waals surface area contributed by atoms with Crippen LogP contribution in [-0.4, -0.2) is 63.2 Å². The average molecular weight is 514 g/mol. The number of nitrogens with zero attached hydrogens (tertiary/aromatic N) is 5. The van der Waals surface area contributed by atoms with Gasteiger partial charge in [0.15, 0.2) is 0 Å². The number of piperazine rings is 1. The van der Waals surface area contributed by atoms with E-state index >= 15 is 0 Å². The molecule has 0 spiro atoms. The van der Waals surface area contributed by atoms with E-state index in [2.05, 4.69) is 15.0 Å². The van der Waals surface area contributed by atoms with E-state index < -0.39 is 12.0 Å². The zero-order valence-corrected chi connectivity index (χ0v) is 21.6. The van der Waals surface area contributed by atoms with Crippen LogP contribution in [0.2, 0.25) is 0 Å². The van der Waals surface area contributed by atoms with Gasteiger partial charge in [-0.3, -0.25) is 9.69 Å². The number of aromatic nitrogens is 3. The maximum atomic E-state index is 12.1. The molecule has 0 bridgehead atoms. The molecule has 9 heteroatoms. The first-order valence-corrected chi connectivity index (χ1v) is 12.7. The Morgan fingerprint density at radius 3 is 2.58 bits per heavy atom. The van der Waals surface area contributed by atoms with E-state index in [1.165, 1.54) is 0 Å². The predicted octanol–water partition coefficient (Wildman–Crippen LogP) is 4.15. The van der Waals surface area contributed by atoms with Gasteiger partial charge in [-0.15, -0.1) is 0 Å². The molecule has 1 fully saturated rings. The van der Waals surface area contributed by atoms with Gasteiger partial charge in [0.2, 0.25) is 11.8 Å². The second kappa shape index (κ2) is 11.4. The van der Waals surface area contributed by atoms with Crippen molar-refractivity contribution in [3.8, 4) is 17.2 Å². The Morgan fingerprint density at radius 1 is 1.05 bits per heavy atom. The average Bonchev–Trinajstić information content (AvgIpc) is 3.30. The number of benzene rings is 2. The molecule has 0 radical (unpaired) electrons. The molecule has 9 nitrogen and oxygen atoms in total. The van der Waals surface area contributed by atoms with E-state index in [9.17, 15) is 9.90 Å². The van der Waals surface area contributed by atoms with Crippen LogP contribution in [0.4, 0.5) is 5.95 Å². The second-order valence-corrected chi connectivity index (χ2v) is 9.40. The Balaban J connectivity index is 1.15. The highest BCUT2D eigenvalue weighted by Crippen LogP contribution is 2.23. The largest absolute Gasteiger partial charge is 0.493 e. The molecule has 196 valence electrons. The molecule has 1 unspecified atom stereocenters. The highest BCUT2D eigenvalue weighted by molar-refractivity contribution is 5.74. The van der Waals surface area contributed by atoms with Crippen molar-refractivity contribution in [2.24, 2.45) is 0 Å². The smallest absolute Gasteiger partial charge is 0.322 e. The van der Waals surface area contributed by atoms with Crippen molar-refractivity contribution in [1.29, 1.82) is 0 Å². The van der Waals surface area contributed by atoms with Gasteiger partial charge in [0.1, 0.15) is 17.6 Å². The summed E-state index contributed by atoms with van der Waals surface area (Å²) in [6, 6.07) is 18.8. The summed E-state index contributed by atoms with van der Waals surface area (Å²) in [5, 5.41) is 9.89. The summed E-state index contributed by atoms with van der Waals surface area (Å²) in [6.07, 6.45) is 2.34. The molecule has 38 heavy (non-hydrogen) atoms. The van der Waals surface area contributed by atoms with Crippen molar-refractivity contribution >= 4 is 11.9 Å². The predicted molar refractivity (Wildman–Crippen MR) is 143 cm³/mol. The summed E-state index contributed by atoms with van der Waals surface area (Å²) in [5.74, 6) is 1.91. The number of ether oxygens (including phenoxy) is 1. The van der Waals surface area contributed by atoms with Crippen LogP contribution in [0.3, 0.4) is 0 Å². The fourth-order valence-corrected chi connectivity index (χ4v) is 4.57. The molecular formula is C29H31N5O4. The third-order valence-electron chi connectivity index (χ3n) is 6.67. The summed E-state index contributed by atoms with van der Waals surface area (Å²) in [6.45, 7) is 6.46. The van der Waals surface area contributed by atoms with Gasteiger partial charge in [0, 0.05) is 50.1 Å². The number of carboxylic acids is 1. The Hall–Kier alpha value is -4.24. The second-order valence-electron chi connectivity index (χ2n) is 9.40. The van der Waals surface area contributed by atoms with Crippen molar-refractivity contribution in [1.82, 2.24) is 19.9 Å². The summed E-state index contributed by atoms with van der Waals surface area (Å²) in [5.41, 5.74) is 3.73. The minimum absolute atomic E-state index is 0.341. The van der Waals surface area contributed by atoms with E-state index in [1.54, 1.807) is 6.20 Å². The van der Waals surface area contributed by atoms with Gasteiger partial charge in [0.05, 0.1) is 12.3 Å². The van der Waals surface area contributed by atoms with Gasteiger partial charge < -0.3 is 19.2 Å². The number of rotatable bonds is 9. The zero-order valence-electron chi connectivity index (χ0n) is 21.6. The van der Waals surface area contributed by atoms with Crippen molar-refractivity contribution < 1.29 is 19.1 Å². The lowest BCUT2D eigenvalue weighted by Gasteiger charge is -2.39. The molecule has 2 aromatic carbocycles. The van der Waals surface area contributed by atoms with Crippen molar-refractivity contribution in [3.05, 3.63) is 89.6 Å². The lowest BCUT2D eigenvalue weighted by atomic mass is 10.1. The number of carbonyl (C=O) groups is 1. The Morgan fingerprint density at radius 2 is 1.84 bits per heavy atom. The number of anilines is 1. The molecule has 2 aromatic heterocycles. The van der Waals surface area contributed by atoms with Crippen LogP contribution in [0.15, 0.2) is 71.3 Å². The van der Waals surface area contributed by atoms with Crippen molar-refractivity contribution in [2.45, 2.75) is 32.9 Å². The fourth-order valence-electron chi connectivity index (χ4n) is 4.57. The maximum Gasteiger partial charge on any atom is 0.322 e. The fraction of sp³-hybridized carbons (Fsp3) is 0.310. The lowest BCUT2D eigenvalue weighted by Crippen LogP contribution is -2.56. The van der Waals surface area contributed by atoms with Crippen LogP contribution >= 0.6 is 0 Å². The number of hydrogen-bond donors (Lipinski definition) is 1. The molecule has 1 aliphatic rings. The molecule has 4 aromatic rings. The van der Waals surface area contributed by atoms with E-state index in [0.29, 0.717) is 51.0 Å². The summed E-state index contributed by atoms with van der Waals surface area (Å²) >= 11 is 0. The van der Waals surface area contributed by atoms with E-state index in [1.807, 2.05) is 84.3 Å². The number of hydrogen-bond acceptors (Lipinski definition) is 8. The molecule has 5 rings (SSSR count). The van der Waals surface area contributed by atoms with Crippen molar-refractivity contribution in [3.63, 3.8) is 0 Å². The SMILES string of the molecule is Cc1ccnc(N2CCN(Cc3ccc(OCCc4nc(-c5ccccc5)oc4C)cc3)C(C(=O)O)C2)n1. The van der Waals surface area contributed by atoms with E-state index in [-0.39, 0.29) is 0 Å². The number of carboxylic acid groups (broad SMARTS) is 1. The molecule has 1 atom stereocenters. The van der Waals surface area contributed by atoms with Gasteiger partial charge in [-0.05, 0) is 49.7 Å². The van der Waals surface area contributed by atoms with Gasteiger partial charge in [-0.1, -0.05) is 30.3 Å². The zero-order chi connectivity index (χ0) is 26.5. The Bertz CT molecular complexity index is 1370. The molecule has 1 saturated heterocycles. The molecule has 3 heterocycles. The van der Waals surface area contributed by atoms with E-state index in [4.69, 9.17) is 9.15 Å². The molecule has 0 aliphatic carbocycles. The normalized spacial score (nSPS) is 15.9. The van der Waals surface area contributed by atoms with Gasteiger partial charge in [-0.2, -0.15) is 0 Å². The highest BCUT2D eigenvalue weighted by atomic mass is 16.5. The molecule has 0 saturated carbocycles. The first kappa shape index (κ1) is 25.4. The minimum Gasteiger partial charge on any atom is -0.493 e. The van der Waals surface area contributed by atoms with Crippen LogP contribution < -0.4 is 9.64 Å². The Labute approximate surface area is 221 Å². The molecule has 1 N–H and O–H groups in total. The molecule has 1 aliphatic heterocycles. The first-order valence-electron chi connectivity index (χ1n) is 12.7. The van der Waals surface area contributed by atoms with Gasteiger partial charge in [0.25, 0.3) is 0 Å². The van der Waals surface area contributed by atoms with Crippen molar-refractivity contribution in [2.75, 3.05) is 31.1 Å². The highest BCUT2D eigenvalue weighted by Gasteiger charge is 2.33. The number of aliphatic carboxylic acids is 1. The third kappa shape index (κ3) is 6.00. The lowest BCUT2D eigenvalue weighted by molar-refractivity contribution is -0.143. The number of aryl methyl sites for hydroxylation is 2. The third-order valence-corrected chi connectivity index (χ3v) is 6.67. The topological polar surface area (TPSA) is 105 Å².